The van der Waals surface area contributed by atoms with E-state index in [0.29, 0.717) is 38.2 Å². The second-order valence-electron chi connectivity index (χ2n) is 9.85. The number of halogens is 3. The number of urea groups is 1. The molecule has 0 radical (unpaired) electrons. The molecule has 1 N–H and O–H groups in total. The van der Waals surface area contributed by atoms with Gasteiger partial charge in [-0.05, 0) is 55.7 Å². The van der Waals surface area contributed by atoms with Gasteiger partial charge in [0.1, 0.15) is 12.2 Å². The molecule has 1 aromatic carbocycles. The highest BCUT2D eigenvalue weighted by molar-refractivity contribution is 7.92. The molecule has 2 amide bonds. The van der Waals surface area contributed by atoms with Crippen molar-refractivity contribution in [3.63, 3.8) is 0 Å². The van der Waals surface area contributed by atoms with Gasteiger partial charge in [-0.3, -0.25) is 5.10 Å². The molecule has 34 heavy (non-hydrogen) atoms. The van der Waals surface area contributed by atoms with Crippen LogP contribution in [-0.2, 0) is 16.3 Å². The summed E-state index contributed by atoms with van der Waals surface area (Å²) in [4.78, 5) is 20.1. The van der Waals surface area contributed by atoms with Gasteiger partial charge in [-0.1, -0.05) is 12.1 Å². The number of carbonyl (C=O) groups is 1. The largest absolute Gasteiger partial charge is 0.501 e. The van der Waals surface area contributed by atoms with E-state index in [1.165, 1.54) is 12.4 Å². The number of aromatic amines is 1. The predicted octanol–water partition coefficient (Wildman–Crippen LogP) is 3.35. The van der Waals surface area contributed by atoms with Gasteiger partial charge in [0.05, 0.1) is 4.90 Å². The Hall–Kier alpha value is -2.63. The second kappa shape index (κ2) is 8.24. The van der Waals surface area contributed by atoms with E-state index in [-0.39, 0.29) is 23.3 Å². The zero-order valence-corrected chi connectivity index (χ0v) is 19.3. The number of hydrogen-bond acceptors (Lipinski definition) is 5. The Kier molecular flexibility index (Phi) is 5.61. The minimum Gasteiger partial charge on any atom is -0.324 e. The summed E-state index contributed by atoms with van der Waals surface area (Å²) in [5, 5.41) is 6.76. The second-order valence-corrected chi connectivity index (χ2v) is 11.8. The zero-order chi connectivity index (χ0) is 24.1. The first-order valence-corrected chi connectivity index (χ1v) is 12.8. The Balaban J connectivity index is 1.15. The maximum atomic E-state index is 12.9. The molecule has 2 aliphatic heterocycles. The molecule has 12 heteroatoms. The normalized spacial score (nSPS) is 24.6. The number of likely N-dealkylation sites (tertiary alicyclic amines) is 2. The lowest BCUT2D eigenvalue weighted by atomic mass is 9.77. The maximum Gasteiger partial charge on any atom is 0.501 e. The fourth-order valence-electron chi connectivity index (χ4n) is 5.76. The van der Waals surface area contributed by atoms with Crippen LogP contribution >= 0.6 is 0 Å². The number of sulfone groups is 1. The van der Waals surface area contributed by atoms with Crippen molar-refractivity contribution in [1.29, 1.82) is 0 Å². The van der Waals surface area contributed by atoms with Crippen LogP contribution in [0.15, 0.2) is 35.5 Å². The van der Waals surface area contributed by atoms with E-state index in [0.717, 1.165) is 43.6 Å². The molecule has 2 aromatic rings. The molecular formula is C22H26F3N5O3S. The number of rotatable bonds is 4. The Morgan fingerprint density at radius 2 is 2.00 bits per heavy atom. The third-order valence-corrected chi connectivity index (χ3v) is 8.93. The van der Waals surface area contributed by atoms with Crippen LogP contribution in [0.2, 0.25) is 0 Å². The first-order valence-electron chi connectivity index (χ1n) is 11.4. The molecular weight excluding hydrogens is 471 g/mol. The van der Waals surface area contributed by atoms with Crippen molar-refractivity contribution < 1.29 is 26.4 Å². The molecule has 0 bridgehead atoms. The van der Waals surface area contributed by atoms with Crippen molar-refractivity contribution in [2.75, 3.05) is 26.2 Å². The van der Waals surface area contributed by atoms with E-state index in [9.17, 15) is 26.4 Å². The van der Waals surface area contributed by atoms with Crippen molar-refractivity contribution in [1.82, 2.24) is 25.0 Å². The van der Waals surface area contributed by atoms with Gasteiger partial charge in [0.25, 0.3) is 9.84 Å². The van der Waals surface area contributed by atoms with E-state index in [1.54, 1.807) is 6.07 Å². The Labute approximate surface area is 195 Å². The third kappa shape index (κ3) is 4.16. The standard InChI is InChI=1S/C22H26F3N5O3S/c23-22(24,25)34(32,33)18-3-1-2-15(9-18)8-16-4-6-21(10-16)12-30(13-21)20(31)29-7-5-17(11-29)19-26-14-27-28-19/h1-3,9,14,16-17H,4-8,10-13H2,(H,26,27,28)/t16-,17+/m1/s1. The number of alkyl halides is 3. The molecule has 3 fully saturated rings. The molecule has 1 aromatic heterocycles. The highest BCUT2D eigenvalue weighted by atomic mass is 32.2. The molecule has 3 aliphatic rings. The molecule has 2 saturated heterocycles. The summed E-state index contributed by atoms with van der Waals surface area (Å²) < 4.78 is 62.1. The average Bonchev–Trinajstić information content (AvgIpc) is 3.51. The lowest BCUT2D eigenvalue weighted by Crippen LogP contribution is -2.60. The number of amides is 2. The fourth-order valence-corrected chi connectivity index (χ4v) is 6.59. The van der Waals surface area contributed by atoms with Crippen LogP contribution in [0.1, 0.15) is 43.0 Å². The first-order chi connectivity index (χ1) is 16.1. The van der Waals surface area contributed by atoms with Gasteiger partial charge in [-0.15, -0.1) is 0 Å². The van der Waals surface area contributed by atoms with Gasteiger partial charge >= 0.3 is 11.5 Å². The molecule has 1 aliphatic carbocycles. The Bertz CT molecular complexity index is 1160. The summed E-state index contributed by atoms with van der Waals surface area (Å²) in [5.41, 5.74) is -4.66. The Morgan fingerprint density at radius 3 is 2.71 bits per heavy atom. The van der Waals surface area contributed by atoms with Gasteiger partial charge in [-0.2, -0.15) is 18.3 Å². The number of nitrogens with one attached hydrogen (secondary N) is 1. The molecule has 5 rings (SSSR count). The monoisotopic (exact) mass is 497 g/mol. The van der Waals surface area contributed by atoms with E-state index in [2.05, 4.69) is 15.2 Å². The van der Waals surface area contributed by atoms with Crippen molar-refractivity contribution >= 4 is 15.9 Å². The van der Waals surface area contributed by atoms with E-state index >= 15 is 0 Å². The summed E-state index contributed by atoms with van der Waals surface area (Å²) in [6.07, 6.45) is 5.61. The Morgan fingerprint density at radius 1 is 1.21 bits per heavy atom. The average molecular weight is 498 g/mol. The van der Waals surface area contributed by atoms with Crippen LogP contribution in [0, 0.1) is 11.3 Å². The van der Waals surface area contributed by atoms with E-state index < -0.39 is 20.2 Å². The first kappa shape index (κ1) is 23.1. The highest BCUT2D eigenvalue weighted by Gasteiger charge is 2.51. The van der Waals surface area contributed by atoms with Crippen LogP contribution in [-0.4, -0.2) is 71.1 Å². The molecule has 0 unspecified atom stereocenters. The van der Waals surface area contributed by atoms with Crippen LogP contribution in [0.25, 0.3) is 0 Å². The van der Waals surface area contributed by atoms with Crippen molar-refractivity contribution in [3.05, 3.63) is 42.0 Å². The smallest absolute Gasteiger partial charge is 0.324 e. The molecule has 8 nitrogen and oxygen atoms in total. The number of nitrogens with zero attached hydrogens (tertiary/aromatic N) is 4. The fraction of sp³-hybridized carbons (Fsp3) is 0.591. The number of benzene rings is 1. The summed E-state index contributed by atoms with van der Waals surface area (Å²) in [6, 6.07) is 5.22. The SMILES string of the molecule is O=C(N1CC[C@H](c2ncn[nH]2)C1)N1CC2(CC[C@H](Cc3cccc(S(=O)(=O)C(F)(F)F)c3)C2)C1. The molecule has 1 saturated carbocycles. The summed E-state index contributed by atoms with van der Waals surface area (Å²) >= 11 is 0. The topological polar surface area (TPSA) is 99.3 Å². The van der Waals surface area contributed by atoms with Gasteiger partial charge in [0, 0.05) is 37.5 Å². The summed E-state index contributed by atoms with van der Waals surface area (Å²) in [5.74, 6) is 1.24. The molecule has 2 atom stereocenters. The van der Waals surface area contributed by atoms with Gasteiger partial charge < -0.3 is 9.80 Å². The van der Waals surface area contributed by atoms with Crippen molar-refractivity contribution in [2.45, 2.75) is 48.4 Å². The van der Waals surface area contributed by atoms with Gasteiger partial charge in [0.2, 0.25) is 0 Å². The lowest BCUT2D eigenvalue weighted by Gasteiger charge is -2.49. The molecule has 3 heterocycles. The number of hydrogen-bond donors (Lipinski definition) is 1. The molecule has 1 spiro atoms. The molecule has 184 valence electrons. The quantitative estimate of drug-likeness (QED) is 0.699. The maximum absolute atomic E-state index is 12.9. The van der Waals surface area contributed by atoms with Crippen LogP contribution in [0.4, 0.5) is 18.0 Å². The lowest BCUT2D eigenvalue weighted by molar-refractivity contribution is -0.0436. The number of aromatic nitrogens is 3. The third-order valence-electron chi connectivity index (χ3n) is 7.44. The minimum absolute atomic E-state index is 0.0427. The summed E-state index contributed by atoms with van der Waals surface area (Å²) in [7, 11) is -5.35. The summed E-state index contributed by atoms with van der Waals surface area (Å²) in [6.45, 7) is 2.69. The predicted molar refractivity (Wildman–Crippen MR) is 115 cm³/mol. The highest BCUT2D eigenvalue weighted by Crippen LogP contribution is 2.49. The minimum atomic E-state index is -5.35. The number of H-pyrrole nitrogens is 1. The van der Waals surface area contributed by atoms with Crippen molar-refractivity contribution in [2.24, 2.45) is 11.3 Å². The van der Waals surface area contributed by atoms with Gasteiger partial charge in [-0.25, -0.2) is 18.2 Å². The van der Waals surface area contributed by atoms with Crippen LogP contribution in [0.5, 0.6) is 0 Å². The van der Waals surface area contributed by atoms with Crippen LogP contribution < -0.4 is 0 Å². The van der Waals surface area contributed by atoms with E-state index in [1.807, 2.05) is 9.80 Å². The van der Waals surface area contributed by atoms with E-state index in [4.69, 9.17) is 0 Å². The number of carbonyl (C=O) groups excluding carboxylic acids is 1. The van der Waals surface area contributed by atoms with Gasteiger partial charge in [0.15, 0.2) is 0 Å². The van der Waals surface area contributed by atoms with Crippen molar-refractivity contribution in [3.8, 4) is 0 Å². The zero-order valence-electron chi connectivity index (χ0n) is 18.5. The van der Waals surface area contributed by atoms with Crippen LogP contribution in [0.3, 0.4) is 0 Å².